The zero-order chi connectivity index (χ0) is 12.2. The largest absolute Gasteiger partial charge is 0.388 e. The maximum atomic E-state index is 11.7. The van der Waals surface area contributed by atoms with E-state index in [-0.39, 0.29) is 12.5 Å². The fourth-order valence-corrected chi connectivity index (χ4v) is 1.20. The van der Waals surface area contributed by atoms with Crippen LogP contribution in [0, 0.1) is 6.92 Å². The molecule has 0 radical (unpaired) electrons. The van der Waals surface area contributed by atoms with E-state index < -0.39 is 5.60 Å². The number of carbonyl (C=O) groups excluding carboxylic acids is 1. The lowest BCUT2D eigenvalue weighted by atomic mass is 10.0. The van der Waals surface area contributed by atoms with Gasteiger partial charge in [-0.3, -0.25) is 4.79 Å². The van der Waals surface area contributed by atoms with Crippen LogP contribution in [-0.4, -0.2) is 23.2 Å². The van der Waals surface area contributed by atoms with Crippen LogP contribution < -0.4 is 5.32 Å². The molecule has 1 aromatic carbocycles. The Morgan fingerprint density at radius 1 is 1.38 bits per heavy atom. The van der Waals surface area contributed by atoms with Gasteiger partial charge in [0.15, 0.2) is 0 Å². The van der Waals surface area contributed by atoms with Gasteiger partial charge in [0.2, 0.25) is 0 Å². The Bertz CT molecular complexity index is 355. The summed E-state index contributed by atoms with van der Waals surface area (Å²) in [6.07, 6.45) is 0.612. The maximum Gasteiger partial charge on any atom is 0.251 e. The van der Waals surface area contributed by atoms with Gasteiger partial charge in [0.25, 0.3) is 5.91 Å². The molecule has 0 saturated carbocycles. The molecule has 0 heterocycles. The highest BCUT2D eigenvalue weighted by molar-refractivity contribution is 5.94. The summed E-state index contributed by atoms with van der Waals surface area (Å²) < 4.78 is 0. The van der Waals surface area contributed by atoms with Crippen molar-refractivity contribution in [3.8, 4) is 0 Å². The lowest BCUT2D eigenvalue weighted by Gasteiger charge is -2.21. The number of amides is 1. The van der Waals surface area contributed by atoms with Crippen LogP contribution in [0.4, 0.5) is 0 Å². The van der Waals surface area contributed by atoms with Crippen molar-refractivity contribution < 1.29 is 9.90 Å². The second kappa shape index (κ2) is 5.12. The van der Waals surface area contributed by atoms with E-state index in [1.807, 2.05) is 26.0 Å². The summed E-state index contributed by atoms with van der Waals surface area (Å²) in [6.45, 7) is 5.85. The molecule has 0 fully saturated rings. The Hall–Kier alpha value is -1.35. The van der Waals surface area contributed by atoms with Gasteiger partial charge in [-0.25, -0.2) is 0 Å². The second-order valence-electron chi connectivity index (χ2n) is 4.40. The van der Waals surface area contributed by atoms with Crippen molar-refractivity contribution in [1.29, 1.82) is 0 Å². The molecule has 3 heteroatoms. The second-order valence-corrected chi connectivity index (χ2v) is 4.40. The van der Waals surface area contributed by atoms with Gasteiger partial charge in [-0.15, -0.1) is 0 Å². The van der Waals surface area contributed by atoms with Gasteiger partial charge in [-0.2, -0.15) is 0 Å². The van der Waals surface area contributed by atoms with Crippen LogP contribution in [-0.2, 0) is 0 Å². The Labute approximate surface area is 96.5 Å². The number of aliphatic hydroxyl groups is 1. The molecule has 1 aromatic rings. The fraction of sp³-hybridized carbons (Fsp3) is 0.462. The Balaban J connectivity index is 2.56. The van der Waals surface area contributed by atoms with Crippen molar-refractivity contribution in [3.05, 3.63) is 35.4 Å². The molecule has 0 saturated heterocycles. The van der Waals surface area contributed by atoms with E-state index in [4.69, 9.17) is 0 Å². The molecule has 3 nitrogen and oxygen atoms in total. The van der Waals surface area contributed by atoms with Crippen molar-refractivity contribution >= 4 is 5.91 Å². The predicted molar refractivity (Wildman–Crippen MR) is 64.4 cm³/mol. The van der Waals surface area contributed by atoms with Crippen LogP contribution in [0.2, 0.25) is 0 Å². The highest BCUT2D eigenvalue weighted by Crippen LogP contribution is 2.07. The predicted octanol–water partition coefficient (Wildman–Crippen LogP) is 1.89. The third-order valence-corrected chi connectivity index (χ3v) is 2.71. The van der Waals surface area contributed by atoms with E-state index in [0.29, 0.717) is 12.0 Å². The molecule has 1 atom stereocenters. The average molecular weight is 221 g/mol. The number of carbonyl (C=O) groups is 1. The maximum absolute atomic E-state index is 11.7. The Morgan fingerprint density at radius 2 is 1.94 bits per heavy atom. The lowest BCUT2D eigenvalue weighted by molar-refractivity contribution is 0.0518. The first kappa shape index (κ1) is 12.7. The molecule has 1 amide bonds. The molecule has 0 aliphatic heterocycles. The Kier molecular flexibility index (Phi) is 4.07. The quantitative estimate of drug-likeness (QED) is 0.815. The molecule has 16 heavy (non-hydrogen) atoms. The highest BCUT2D eigenvalue weighted by Gasteiger charge is 2.18. The van der Waals surface area contributed by atoms with Gasteiger partial charge in [0.05, 0.1) is 5.60 Å². The Morgan fingerprint density at radius 3 is 2.44 bits per heavy atom. The topological polar surface area (TPSA) is 49.3 Å². The third-order valence-electron chi connectivity index (χ3n) is 2.71. The summed E-state index contributed by atoms with van der Waals surface area (Å²) in [5, 5.41) is 12.5. The number of rotatable bonds is 4. The fourth-order valence-electron chi connectivity index (χ4n) is 1.20. The van der Waals surface area contributed by atoms with Crippen LogP contribution in [0.1, 0.15) is 36.2 Å². The summed E-state index contributed by atoms with van der Waals surface area (Å²) in [4.78, 5) is 11.7. The molecule has 0 aromatic heterocycles. The molecule has 1 unspecified atom stereocenters. The molecule has 88 valence electrons. The minimum absolute atomic E-state index is 0.145. The van der Waals surface area contributed by atoms with Gasteiger partial charge < -0.3 is 10.4 Å². The first-order valence-electron chi connectivity index (χ1n) is 5.52. The van der Waals surface area contributed by atoms with Gasteiger partial charge in [0, 0.05) is 12.1 Å². The number of hydrogen-bond donors (Lipinski definition) is 2. The number of nitrogens with one attached hydrogen (secondary N) is 1. The molecule has 0 bridgehead atoms. The van der Waals surface area contributed by atoms with Gasteiger partial charge in [0.1, 0.15) is 0 Å². The van der Waals surface area contributed by atoms with Crippen molar-refractivity contribution in [2.24, 2.45) is 0 Å². The summed E-state index contributed by atoms with van der Waals surface area (Å²) in [5.41, 5.74) is 0.912. The van der Waals surface area contributed by atoms with Gasteiger partial charge in [-0.05, 0) is 32.4 Å². The summed E-state index contributed by atoms with van der Waals surface area (Å²) in [6, 6.07) is 7.36. The van der Waals surface area contributed by atoms with E-state index in [1.165, 1.54) is 0 Å². The van der Waals surface area contributed by atoms with E-state index in [0.717, 1.165) is 5.56 Å². The summed E-state index contributed by atoms with van der Waals surface area (Å²) in [7, 11) is 0. The van der Waals surface area contributed by atoms with Crippen molar-refractivity contribution in [3.63, 3.8) is 0 Å². The minimum Gasteiger partial charge on any atom is -0.388 e. The van der Waals surface area contributed by atoms with Crippen molar-refractivity contribution in [1.82, 2.24) is 5.32 Å². The van der Waals surface area contributed by atoms with Crippen molar-refractivity contribution in [2.45, 2.75) is 32.8 Å². The van der Waals surface area contributed by atoms with Crippen LogP contribution in [0.15, 0.2) is 24.3 Å². The van der Waals surface area contributed by atoms with Crippen LogP contribution in [0.5, 0.6) is 0 Å². The molecule has 0 spiro atoms. The van der Waals surface area contributed by atoms with Gasteiger partial charge in [-0.1, -0.05) is 24.6 Å². The van der Waals surface area contributed by atoms with E-state index in [1.54, 1.807) is 19.1 Å². The van der Waals surface area contributed by atoms with Crippen LogP contribution >= 0.6 is 0 Å². The SMILES string of the molecule is CCC(C)(O)CNC(=O)c1ccc(C)cc1. The first-order chi connectivity index (χ1) is 7.44. The van der Waals surface area contributed by atoms with Crippen molar-refractivity contribution in [2.75, 3.05) is 6.54 Å². The number of hydrogen-bond acceptors (Lipinski definition) is 2. The van der Waals surface area contributed by atoms with E-state index >= 15 is 0 Å². The standard InChI is InChI=1S/C13H19NO2/c1-4-13(3,16)9-14-12(15)11-7-5-10(2)6-8-11/h5-8,16H,4,9H2,1-3H3,(H,14,15). The molecule has 1 rings (SSSR count). The first-order valence-corrected chi connectivity index (χ1v) is 5.52. The van der Waals surface area contributed by atoms with Crippen LogP contribution in [0.25, 0.3) is 0 Å². The minimum atomic E-state index is -0.833. The zero-order valence-corrected chi connectivity index (χ0v) is 10.1. The monoisotopic (exact) mass is 221 g/mol. The van der Waals surface area contributed by atoms with Gasteiger partial charge >= 0.3 is 0 Å². The zero-order valence-electron chi connectivity index (χ0n) is 10.1. The highest BCUT2D eigenvalue weighted by atomic mass is 16.3. The third kappa shape index (κ3) is 3.66. The van der Waals surface area contributed by atoms with E-state index in [9.17, 15) is 9.90 Å². The molecule has 0 aliphatic carbocycles. The summed E-state index contributed by atoms with van der Waals surface area (Å²) >= 11 is 0. The van der Waals surface area contributed by atoms with E-state index in [2.05, 4.69) is 5.32 Å². The lowest BCUT2D eigenvalue weighted by Crippen LogP contribution is -2.40. The summed E-state index contributed by atoms with van der Waals surface area (Å²) in [5.74, 6) is -0.145. The molecular weight excluding hydrogens is 202 g/mol. The number of benzene rings is 1. The number of aryl methyl sites for hydroxylation is 1. The molecular formula is C13H19NO2. The smallest absolute Gasteiger partial charge is 0.251 e. The molecule has 0 aliphatic rings. The molecule has 2 N–H and O–H groups in total. The normalized spacial score (nSPS) is 14.2. The van der Waals surface area contributed by atoms with Crippen LogP contribution in [0.3, 0.4) is 0 Å². The average Bonchev–Trinajstić information content (AvgIpc) is 2.27.